The van der Waals surface area contributed by atoms with Gasteiger partial charge in [-0.2, -0.15) is 0 Å². The van der Waals surface area contributed by atoms with Crippen LogP contribution >= 0.6 is 0 Å². The summed E-state index contributed by atoms with van der Waals surface area (Å²) in [4.78, 5) is 35.5. The molecule has 2 atom stereocenters. The van der Waals surface area contributed by atoms with E-state index in [4.69, 9.17) is 5.73 Å². The minimum atomic E-state index is -4.20. The van der Waals surface area contributed by atoms with Crippen LogP contribution in [0.3, 0.4) is 0 Å². The highest BCUT2D eigenvalue weighted by Crippen LogP contribution is 2.51. The van der Waals surface area contributed by atoms with Crippen molar-refractivity contribution in [2.75, 3.05) is 20.1 Å². The normalized spacial score (nSPS) is 24.7. The minimum absolute atomic E-state index is 0.0267. The van der Waals surface area contributed by atoms with Crippen molar-refractivity contribution in [3.8, 4) is 0 Å². The van der Waals surface area contributed by atoms with E-state index in [1.54, 1.807) is 0 Å². The van der Waals surface area contributed by atoms with E-state index in [2.05, 4.69) is 9.98 Å². The lowest BCUT2D eigenvalue weighted by atomic mass is 9.77. The van der Waals surface area contributed by atoms with Crippen molar-refractivity contribution >= 4 is 27.7 Å². The van der Waals surface area contributed by atoms with Gasteiger partial charge in [0, 0.05) is 38.5 Å². The molecule has 2 aliphatic heterocycles. The number of likely N-dealkylation sites (tertiary alicyclic amines) is 1. The van der Waals surface area contributed by atoms with Gasteiger partial charge >= 0.3 is 0 Å². The standard InChI is InChI=1S/C26H31F2N5O4S/c1-16(2)11-23(35)33-10-9-26(15-33)25(3,31-24(29)32(4)38(26,36)37)19-12-17(5-7-20(19)28)13-22(34)21-8-6-18(27)14-30-21/h5-8,12,14,16H,9-11,13,15H2,1-4H3,(H2,29,31)/t25-,26?/m1/s1. The summed E-state index contributed by atoms with van der Waals surface area (Å²) in [7, 11) is -2.91. The van der Waals surface area contributed by atoms with Crippen LogP contribution in [-0.4, -0.2) is 65.1 Å². The Labute approximate surface area is 220 Å². The molecule has 1 aromatic carbocycles. The van der Waals surface area contributed by atoms with Gasteiger partial charge in [-0.1, -0.05) is 19.9 Å². The second-order valence-corrected chi connectivity index (χ2v) is 12.7. The van der Waals surface area contributed by atoms with Crippen LogP contribution in [-0.2, 0) is 26.8 Å². The summed E-state index contributed by atoms with van der Waals surface area (Å²) < 4.78 is 55.8. The van der Waals surface area contributed by atoms with Crippen LogP contribution in [0, 0.1) is 17.6 Å². The van der Waals surface area contributed by atoms with E-state index >= 15 is 4.39 Å². The van der Waals surface area contributed by atoms with Crippen molar-refractivity contribution in [3.05, 3.63) is 65.0 Å². The van der Waals surface area contributed by atoms with Gasteiger partial charge in [0.15, 0.2) is 5.78 Å². The SMILES string of the molecule is CC(C)CC(=O)N1CCC2(C1)[C@@](C)(c1cc(CC(=O)c3ccc(F)cn3)ccc1F)N=C(N)N(C)S2(=O)=O. The third-order valence-electron chi connectivity index (χ3n) is 7.50. The van der Waals surface area contributed by atoms with E-state index in [1.165, 1.54) is 37.1 Å². The molecule has 2 aromatic rings. The smallest absolute Gasteiger partial charge is 0.247 e. The highest BCUT2D eigenvalue weighted by atomic mass is 32.2. The van der Waals surface area contributed by atoms with Crippen LogP contribution < -0.4 is 5.73 Å². The van der Waals surface area contributed by atoms with E-state index in [9.17, 15) is 22.4 Å². The molecule has 4 rings (SSSR count). The Bertz CT molecular complexity index is 1410. The molecule has 0 saturated carbocycles. The molecular weight excluding hydrogens is 516 g/mol. The first-order valence-electron chi connectivity index (χ1n) is 12.3. The van der Waals surface area contributed by atoms with E-state index in [0.717, 1.165) is 22.6 Å². The number of carbonyl (C=O) groups is 2. The average molecular weight is 548 g/mol. The van der Waals surface area contributed by atoms with Crippen molar-refractivity contribution in [3.63, 3.8) is 0 Å². The first-order chi connectivity index (χ1) is 17.7. The fraction of sp³-hybridized carbons (Fsp3) is 0.462. The molecule has 38 heavy (non-hydrogen) atoms. The van der Waals surface area contributed by atoms with E-state index in [-0.39, 0.29) is 61.4 Å². The maximum Gasteiger partial charge on any atom is 0.247 e. The summed E-state index contributed by atoms with van der Waals surface area (Å²) >= 11 is 0. The molecule has 2 N–H and O–H groups in total. The first kappa shape index (κ1) is 27.6. The highest BCUT2D eigenvalue weighted by Gasteiger charge is 2.66. The summed E-state index contributed by atoms with van der Waals surface area (Å²) in [5.41, 5.74) is 4.72. The number of Topliss-reactive ketones (excluding diaryl/α,β-unsaturated/α-hetero) is 1. The number of sulfonamides is 1. The fourth-order valence-corrected chi connectivity index (χ4v) is 7.43. The second-order valence-electron chi connectivity index (χ2n) is 10.4. The van der Waals surface area contributed by atoms with Gasteiger partial charge in [-0.3, -0.25) is 14.6 Å². The number of hydrogen-bond acceptors (Lipinski definition) is 7. The number of carbonyl (C=O) groups excluding carboxylic acids is 2. The number of nitrogens with two attached hydrogens (primary N) is 1. The monoisotopic (exact) mass is 547 g/mol. The van der Waals surface area contributed by atoms with Gasteiger partial charge in [0.25, 0.3) is 0 Å². The zero-order chi connectivity index (χ0) is 28.0. The number of amides is 1. The topological polar surface area (TPSA) is 126 Å². The molecule has 1 unspecified atom stereocenters. The van der Waals surface area contributed by atoms with E-state index < -0.39 is 37.7 Å². The van der Waals surface area contributed by atoms with Gasteiger partial charge in [-0.25, -0.2) is 26.5 Å². The van der Waals surface area contributed by atoms with E-state index in [0.29, 0.717) is 5.56 Å². The quantitative estimate of drug-likeness (QED) is 0.554. The molecule has 2 aliphatic rings. The Balaban J connectivity index is 1.79. The molecule has 0 radical (unpaired) electrons. The predicted octanol–water partition coefficient (Wildman–Crippen LogP) is 2.61. The zero-order valence-electron chi connectivity index (χ0n) is 21.7. The number of hydrogen-bond donors (Lipinski definition) is 1. The molecule has 0 aliphatic carbocycles. The third-order valence-corrected chi connectivity index (χ3v) is 10.1. The number of pyridine rings is 1. The first-order valence-corrected chi connectivity index (χ1v) is 13.7. The van der Waals surface area contributed by atoms with Crippen molar-refractivity contribution in [2.24, 2.45) is 16.6 Å². The lowest BCUT2D eigenvalue weighted by Gasteiger charge is -2.48. The Kier molecular flexibility index (Phi) is 7.06. The van der Waals surface area contributed by atoms with Gasteiger partial charge in [0.2, 0.25) is 21.9 Å². The largest absolute Gasteiger partial charge is 0.369 e. The molecule has 1 fully saturated rings. The maximum absolute atomic E-state index is 15.5. The fourth-order valence-electron chi connectivity index (χ4n) is 5.30. The van der Waals surface area contributed by atoms with Gasteiger partial charge in [0.05, 0.1) is 6.20 Å². The van der Waals surface area contributed by atoms with Crippen molar-refractivity contribution < 1.29 is 26.8 Å². The third kappa shape index (κ3) is 4.44. The Morgan fingerprint density at radius 3 is 2.53 bits per heavy atom. The number of nitrogens with zero attached hydrogens (tertiary/aromatic N) is 4. The molecule has 0 bridgehead atoms. The molecular formula is C26H31F2N5O4S. The number of aliphatic imine (C=N–C) groups is 1. The average Bonchev–Trinajstić information content (AvgIpc) is 3.32. The molecule has 1 saturated heterocycles. The Morgan fingerprint density at radius 2 is 1.89 bits per heavy atom. The maximum atomic E-state index is 15.5. The van der Waals surface area contributed by atoms with Crippen LogP contribution in [0.15, 0.2) is 41.5 Å². The van der Waals surface area contributed by atoms with Crippen molar-refractivity contribution in [2.45, 2.75) is 50.3 Å². The predicted molar refractivity (Wildman–Crippen MR) is 138 cm³/mol. The van der Waals surface area contributed by atoms with Crippen LogP contribution in [0.1, 0.15) is 55.2 Å². The van der Waals surface area contributed by atoms with Crippen LogP contribution in [0.2, 0.25) is 0 Å². The highest BCUT2D eigenvalue weighted by molar-refractivity contribution is 7.91. The summed E-state index contributed by atoms with van der Waals surface area (Å²) in [5.74, 6) is -2.14. The molecule has 12 heteroatoms. The minimum Gasteiger partial charge on any atom is -0.369 e. The van der Waals surface area contributed by atoms with Gasteiger partial charge < -0.3 is 10.6 Å². The summed E-state index contributed by atoms with van der Waals surface area (Å²) in [6.45, 7) is 5.29. The number of halogens is 2. The van der Waals surface area contributed by atoms with Gasteiger partial charge in [0.1, 0.15) is 27.6 Å². The van der Waals surface area contributed by atoms with E-state index in [1.807, 2.05) is 13.8 Å². The van der Waals surface area contributed by atoms with Gasteiger partial charge in [-0.15, -0.1) is 0 Å². The molecule has 1 spiro atoms. The zero-order valence-corrected chi connectivity index (χ0v) is 22.6. The number of rotatable bonds is 6. The molecule has 1 amide bonds. The second kappa shape index (κ2) is 9.72. The lowest BCUT2D eigenvalue weighted by Crippen LogP contribution is -2.66. The lowest BCUT2D eigenvalue weighted by molar-refractivity contribution is -0.131. The summed E-state index contributed by atoms with van der Waals surface area (Å²) in [5, 5.41) is 0. The summed E-state index contributed by atoms with van der Waals surface area (Å²) in [6.07, 6.45) is 1.03. The van der Waals surface area contributed by atoms with Crippen LogP contribution in [0.25, 0.3) is 0 Å². The van der Waals surface area contributed by atoms with Gasteiger partial charge in [-0.05, 0) is 49.1 Å². The Hall–Kier alpha value is -3.41. The van der Waals surface area contributed by atoms with Crippen molar-refractivity contribution in [1.29, 1.82) is 0 Å². The molecule has 1 aromatic heterocycles. The number of aromatic nitrogens is 1. The number of guanidine groups is 1. The molecule has 204 valence electrons. The molecule has 3 heterocycles. The summed E-state index contributed by atoms with van der Waals surface area (Å²) in [6, 6.07) is 6.36. The molecule has 9 nitrogen and oxygen atoms in total. The van der Waals surface area contributed by atoms with Crippen molar-refractivity contribution in [1.82, 2.24) is 14.2 Å². The van der Waals surface area contributed by atoms with Crippen LogP contribution in [0.5, 0.6) is 0 Å². The number of benzene rings is 1. The van der Waals surface area contributed by atoms with Crippen LogP contribution in [0.4, 0.5) is 8.78 Å². The number of ketones is 1. The Morgan fingerprint density at radius 1 is 1.18 bits per heavy atom.